The number of carbonyl (C=O) groups is 1. The third kappa shape index (κ3) is 4.07. The quantitative estimate of drug-likeness (QED) is 0.884. The largest absolute Gasteiger partial charge is 0.326 e. The van der Waals surface area contributed by atoms with E-state index >= 15 is 0 Å². The molecule has 1 unspecified atom stereocenters. The van der Waals surface area contributed by atoms with Gasteiger partial charge in [-0.2, -0.15) is 0 Å². The Morgan fingerprint density at radius 1 is 1.35 bits per heavy atom. The van der Waals surface area contributed by atoms with Gasteiger partial charge in [-0.25, -0.2) is 0 Å². The molecule has 2 N–H and O–H groups in total. The zero-order chi connectivity index (χ0) is 14.6. The molecular weight excluding hydrogens is 248 g/mol. The van der Waals surface area contributed by atoms with E-state index in [1.165, 1.54) is 12.0 Å². The van der Waals surface area contributed by atoms with Crippen molar-refractivity contribution in [2.45, 2.75) is 45.4 Å². The summed E-state index contributed by atoms with van der Waals surface area (Å²) in [6.07, 6.45) is 2.80. The van der Waals surface area contributed by atoms with Crippen molar-refractivity contribution in [3.05, 3.63) is 29.8 Å². The van der Waals surface area contributed by atoms with Gasteiger partial charge in [0.2, 0.25) is 5.91 Å². The van der Waals surface area contributed by atoms with Crippen LogP contribution in [0.1, 0.15) is 45.6 Å². The summed E-state index contributed by atoms with van der Waals surface area (Å²) in [5.74, 6) is 0.798. The van der Waals surface area contributed by atoms with Gasteiger partial charge in [0, 0.05) is 12.1 Å². The van der Waals surface area contributed by atoms with Crippen LogP contribution in [-0.2, 0) is 10.2 Å². The Morgan fingerprint density at radius 3 is 2.75 bits per heavy atom. The van der Waals surface area contributed by atoms with Crippen LogP contribution in [0.5, 0.6) is 0 Å². The maximum Gasteiger partial charge on any atom is 0.224 e. The van der Waals surface area contributed by atoms with Crippen molar-refractivity contribution >= 4 is 11.6 Å². The number of hydrogen-bond acceptors (Lipinski definition) is 2. The Hall–Kier alpha value is -1.35. The maximum atomic E-state index is 12.1. The predicted molar refractivity (Wildman–Crippen MR) is 84.0 cm³/mol. The summed E-state index contributed by atoms with van der Waals surface area (Å²) >= 11 is 0. The van der Waals surface area contributed by atoms with Crippen molar-refractivity contribution in [3.63, 3.8) is 0 Å². The van der Waals surface area contributed by atoms with Crippen LogP contribution < -0.4 is 10.6 Å². The van der Waals surface area contributed by atoms with E-state index in [4.69, 9.17) is 0 Å². The number of nitrogens with one attached hydrogen (secondary N) is 2. The molecule has 20 heavy (non-hydrogen) atoms. The van der Waals surface area contributed by atoms with E-state index in [-0.39, 0.29) is 11.3 Å². The first-order valence-electron chi connectivity index (χ1n) is 7.57. The van der Waals surface area contributed by atoms with Gasteiger partial charge < -0.3 is 10.6 Å². The minimum atomic E-state index is 0.0409. The van der Waals surface area contributed by atoms with Gasteiger partial charge in [0.05, 0.1) is 0 Å². The van der Waals surface area contributed by atoms with Crippen molar-refractivity contribution in [3.8, 4) is 0 Å². The number of anilines is 1. The molecule has 1 aliphatic rings. The molecule has 1 amide bonds. The van der Waals surface area contributed by atoms with Crippen LogP contribution in [0, 0.1) is 5.92 Å². The Bertz CT molecular complexity index is 456. The highest BCUT2D eigenvalue weighted by atomic mass is 16.1. The fraction of sp³-hybridized carbons (Fsp3) is 0.588. The smallest absolute Gasteiger partial charge is 0.224 e. The van der Waals surface area contributed by atoms with E-state index in [0.717, 1.165) is 25.2 Å². The Kier molecular flexibility index (Phi) is 4.81. The lowest BCUT2D eigenvalue weighted by Gasteiger charge is -2.23. The molecule has 3 heteroatoms. The van der Waals surface area contributed by atoms with Crippen molar-refractivity contribution in [2.75, 3.05) is 18.4 Å². The number of hydrogen-bond donors (Lipinski definition) is 2. The summed E-state index contributed by atoms with van der Waals surface area (Å²) in [6, 6.07) is 8.10. The molecule has 2 rings (SSSR count). The zero-order valence-electron chi connectivity index (χ0n) is 12.8. The molecule has 0 aromatic heterocycles. The van der Waals surface area contributed by atoms with Crippen LogP contribution >= 0.6 is 0 Å². The molecule has 1 aromatic carbocycles. The van der Waals surface area contributed by atoms with Gasteiger partial charge in [-0.15, -0.1) is 0 Å². The molecule has 1 fully saturated rings. The van der Waals surface area contributed by atoms with Gasteiger partial charge in [0.25, 0.3) is 0 Å². The van der Waals surface area contributed by atoms with Gasteiger partial charge in [-0.05, 0) is 48.9 Å². The first-order chi connectivity index (χ1) is 9.47. The first kappa shape index (κ1) is 15.0. The lowest BCUT2D eigenvalue weighted by molar-refractivity contribution is -0.116. The van der Waals surface area contributed by atoms with Gasteiger partial charge in [0.15, 0.2) is 0 Å². The van der Waals surface area contributed by atoms with Crippen molar-refractivity contribution < 1.29 is 4.79 Å². The molecule has 0 bridgehead atoms. The fourth-order valence-corrected chi connectivity index (χ4v) is 2.75. The predicted octanol–water partition coefficient (Wildman–Crippen LogP) is 3.31. The molecule has 3 nitrogen and oxygen atoms in total. The number of carbonyl (C=O) groups excluding carboxylic acids is 1. The third-order valence-electron chi connectivity index (χ3n) is 3.95. The number of rotatable bonds is 4. The van der Waals surface area contributed by atoms with Crippen LogP contribution in [-0.4, -0.2) is 19.0 Å². The van der Waals surface area contributed by atoms with Gasteiger partial charge >= 0.3 is 0 Å². The monoisotopic (exact) mass is 274 g/mol. The molecule has 1 aliphatic heterocycles. The number of benzene rings is 1. The standard InChI is InChI=1S/C17H26N2O/c1-17(2,3)14-6-4-5-7-15(14)19-16(20)9-8-13-10-11-18-12-13/h4-7,13,18H,8-12H2,1-3H3,(H,19,20). The summed E-state index contributed by atoms with van der Waals surface area (Å²) in [6.45, 7) is 8.66. The van der Waals surface area contributed by atoms with Gasteiger partial charge in [-0.1, -0.05) is 39.0 Å². The molecule has 0 spiro atoms. The normalized spacial score (nSPS) is 19.1. The lowest BCUT2D eigenvalue weighted by Crippen LogP contribution is -2.19. The zero-order valence-corrected chi connectivity index (χ0v) is 12.8. The second kappa shape index (κ2) is 6.40. The van der Waals surface area contributed by atoms with Crippen LogP contribution in [0.15, 0.2) is 24.3 Å². The van der Waals surface area contributed by atoms with Crippen LogP contribution in [0.2, 0.25) is 0 Å². The van der Waals surface area contributed by atoms with E-state index in [1.807, 2.05) is 18.2 Å². The minimum absolute atomic E-state index is 0.0409. The van der Waals surface area contributed by atoms with Crippen LogP contribution in [0.25, 0.3) is 0 Å². The third-order valence-corrected chi connectivity index (χ3v) is 3.95. The second-order valence-corrected chi connectivity index (χ2v) is 6.74. The summed E-state index contributed by atoms with van der Waals surface area (Å²) in [7, 11) is 0. The van der Waals surface area contributed by atoms with Crippen LogP contribution in [0.3, 0.4) is 0 Å². The van der Waals surface area contributed by atoms with E-state index in [2.05, 4.69) is 37.5 Å². The maximum absolute atomic E-state index is 12.1. The lowest BCUT2D eigenvalue weighted by atomic mass is 9.86. The first-order valence-corrected chi connectivity index (χ1v) is 7.57. The molecule has 110 valence electrons. The van der Waals surface area contributed by atoms with Crippen molar-refractivity contribution in [1.82, 2.24) is 5.32 Å². The molecule has 0 aliphatic carbocycles. The molecule has 1 atom stereocenters. The second-order valence-electron chi connectivity index (χ2n) is 6.74. The summed E-state index contributed by atoms with van der Waals surface area (Å²) in [5.41, 5.74) is 2.18. The minimum Gasteiger partial charge on any atom is -0.326 e. The fourth-order valence-electron chi connectivity index (χ4n) is 2.75. The topological polar surface area (TPSA) is 41.1 Å². The summed E-state index contributed by atoms with van der Waals surface area (Å²) < 4.78 is 0. The van der Waals surface area contributed by atoms with E-state index < -0.39 is 0 Å². The molecular formula is C17H26N2O. The van der Waals surface area contributed by atoms with Gasteiger partial charge in [0.1, 0.15) is 0 Å². The molecule has 1 aromatic rings. The summed E-state index contributed by atoms with van der Waals surface area (Å²) in [4.78, 5) is 12.1. The Balaban J connectivity index is 1.93. The SMILES string of the molecule is CC(C)(C)c1ccccc1NC(=O)CCC1CCNC1. The van der Waals surface area contributed by atoms with E-state index in [1.54, 1.807) is 0 Å². The average molecular weight is 274 g/mol. The highest BCUT2D eigenvalue weighted by molar-refractivity contribution is 5.91. The molecule has 1 heterocycles. The Labute approximate surface area is 122 Å². The summed E-state index contributed by atoms with van der Waals surface area (Å²) in [5, 5.41) is 6.42. The highest BCUT2D eigenvalue weighted by Crippen LogP contribution is 2.29. The average Bonchev–Trinajstić information content (AvgIpc) is 2.89. The van der Waals surface area contributed by atoms with Crippen LogP contribution in [0.4, 0.5) is 5.69 Å². The van der Waals surface area contributed by atoms with E-state index in [0.29, 0.717) is 12.3 Å². The van der Waals surface area contributed by atoms with Gasteiger partial charge in [-0.3, -0.25) is 4.79 Å². The number of amides is 1. The highest BCUT2D eigenvalue weighted by Gasteiger charge is 2.19. The molecule has 0 radical (unpaired) electrons. The van der Waals surface area contributed by atoms with Crippen molar-refractivity contribution in [2.24, 2.45) is 5.92 Å². The Morgan fingerprint density at radius 2 is 2.10 bits per heavy atom. The molecule has 0 saturated carbocycles. The molecule has 1 saturated heterocycles. The number of para-hydroxylation sites is 1. The van der Waals surface area contributed by atoms with Crippen molar-refractivity contribution in [1.29, 1.82) is 0 Å². The van der Waals surface area contributed by atoms with E-state index in [9.17, 15) is 4.79 Å².